The zero-order valence-corrected chi connectivity index (χ0v) is 18.7. The van der Waals surface area contributed by atoms with Crippen molar-refractivity contribution in [2.24, 2.45) is 5.92 Å². The Kier molecular flexibility index (Phi) is 6.11. The molecule has 1 N–H and O–H groups in total. The van der Waals surface area contributed by atoms with Crippen molar-refractivity contribution in [3.8, 4) is 11.4 Å². The fourth-order valence-electron chi connectivity index (χ4n) is 3.98. The van der Waals surface area contributed by atoms with Gasteiger partial charge in [-0.15, -0.1) is 0 Å². The summed E-state index contributed by atoms with van der Waals surface area (Å²) in [5.74, 6) is 2.59. The Hall–Kier alpha value is -3.10. The van der Waals surface area contributed by atoms with Crippen molar-refractivity contribution in [1.82, 2.24) is 34.4 Å². The molecule has 31 heavy (non-hydrogen) atoms. The number of rotatable bonds is 7. The number of hydrogen-bond donors (Lipinski definition) is 1. The highest BCUT2D eigenvalue weighted by molar-refractivity contribution is 5.86. The van der Waals surface area contributed by atoms with Crippen LogP contribution < -0.4 is 5.32 Å². The minimum Gasteiger partial charge on any atom is -0.365 e. The van der Waals surface area contributed by atoms with Gasteiger partial charge in [0.2, 0.25) is 5.91 Å². The Morgan fingerprint density at radius 2 is 1.84 bits per heavy atom. The molecule has 3 aromatic rings. The summed E-state index contributed by atoms with van der Waals surface area (Å²) >= 11 is 0. The SMILES string of the molecule is CCn1c(-c2cnc(C)nc2)nc2c(N[C@H](CC(=O)N3CCCC3)C(C)C)ncnc21. The van der Waals surface area contributed by atoms with Gasteiger partial charge in [-0.2, -0.15) is 0 Å². The fourth-order valence-corrected chi connectivity index (χ4v) is 3.98. The monoisotopic (exact) mass is 422 g/mol. The summed E-state index contributed by atoms with van der Waals surface area (Å²) < 4.78 is 2.04. The zero-order valence-electron chi connectivity index (χ0n) is 18.7. The van der Waals surface area contributed by atoms with E-state index in [1.165, 1.54) is 0 Å². The van der Waals surface area contributed by atoms with E-state index in [9.17, 15) is 4.79 Å². The molecule has 4 heterocycles. The van der Waals surface area contributed by atoms with Crippen molar-refractivity contribution >= 4 is 22.9 Å². The molecule has 4 rings (SSSR count). The summed E-state index contributed by atoms with van der Waals surface area (Å²) in [5, 5.41) is 3.50. The van der Waals surface area contributed by atoms with Crippen LogP contribution in [0.5, 0.6) is 0 Å². The van der Waals surface area contributed by atoms with Gasteiger partial charge in [0.15, 0.2) is 17.0 Å². The largest absolute Gasteiger partial charge is 0.365 e. The van der Waals surface area contributed by atoms with E-state index in [0.29, 0.717) is 30.1 Å². The average molecular weight is 423 g/mol. The molecule has 0 bridgehead atoms. The van der Waals surface area contributed by atoms with Gasteiger partial charge in [-0.1, -0.05) is 13.8 Å². The number of carbonyl (C=O) groups excluding carboxylic acids is 1. The number of anilines is 1. The van der Waals surface area contributed by atoms with Crippen LogP contribution in [0.4, 0.5) is 5.82 Å². The number of nitrogens with one attached hydrogen (secondary N) is 1. The zero-order chi connectivity index (χ0) is 22.0. The maximum Gasteiger partial charge on any atom is 0.224 e. The number of amides is 1. The lowest BCUT2D eigenvalue weighted by molar-refractivity contribution is -0.130. The summed E-state index contributed by atoms with van der Waals surface area (Å²) in [7, 11) is 0. The standard InChI is InChI=1S/C22H30N8O/c1-5-30-21(16-11-23-15(4)24-12-16)28-19-20(25-13-26-22(19)30)27-17(14(2)3)10-18(31)29-8-6-7-9-29/h11-14,17H,5-10H2,1-4H3,(H,25,26,27)/t17-/m1/s1. The van der Waals surface area contributed by atoms with E-state index >= 15 is 0 Å². The summed E-state index contributed by atoms with van der Waals surface area (Å²) in [6, 6.07) is -0.0378. The molecular weight excluding hydrogens is 392 g/mol. The van der Waals surface area contributed by atoms with Crippen molar-refractivity contribution in [3.05, 3.63) is 24.5 Å². The molecule has 0 spiro atoms. The van der Waals surface area contributed by atoms with Gasteiger partial charge < -0.3 is 14.8 Å². The van der Waals surface area contributed by atoms with Gasteiger partial charge in [-0.25, -0.2) is 24.9 Å². The molecule has 1 saturated heterocycles. The van der Waals surface area contributed by atoms with Gasteiger partial charge in [0.1, 0.15) is 18.0 Å². The van der Waals surface area contributed by atoms with E-state index in [-0.39, 0.29) is 17.9 Å². The Labute approximate surface area is 182 Å². The topological polar surface area (TPSA) is 102 Å². The van der Waals surface area contributed by atoms with E-state index < -0.39 is 0 Å². The third-order valence-electron chi connectivity index (χ3n) is 5.87. The van der Waals surface area contributed by atoms with Crippen LogP contribution in [-0.4, -0.2) is 59.4 Å². The van der Waals surface area contributed by atoms with Crippen LogP contribution in [0, 0.1) is 12.8 Å². The maximum atomic E-state index is 12.8. The summed E-state index contributed by atoms with van der Waals surface area (Å²) in [6.45, 7) is 10.6. The second-order valence-electron chi connectivity index (χ2n) is 8.38. The number of imidazole rings is 1. The molecule has 9 heteroatoms. The molecule has 1 aliphatic heterocycles. The molecule has 164 valence electrons. The van der Waals surface area contributed by atoms with Crippen molar-refractivity contribution in [1.29, 1.82) is 0 Å². The van der Waals surface area contributed by atoms with Gasteiger partial charge in [-0.05, 0) is 32.6 Å². The van der Waals surface area contributed by atoms with Crippen molar-refractivity contribution in [2.45, 2.75) is 59.5 Å². The van der Waals surface area contributed by atoms with Crippen LogP contribution >= 0.6 is 0 Å². The summed E-state index contributed by atoms with van der Waals surface area (Å²) in [6.07, 6.45) is 7.74. The van der Waals surface area contributed by atoms with E-state index in [2.05, 4.69) is 46.0 Å². The summed E-state index contributed by atoms with van der Waals surface area (Å²) in [5.41, 5.74) is 2.28. The second-order valence-corrected chi connectivity index (χ2v) is 8.38. The maximum absolute atomic E-state index is 12.8. The molecule has 1 amide bonds. The first-order chi connectivity index (χ1) is 15.0. The highest BCUT2D eigenvalue weighted by Gasteiger charge is 2.25. The molecule has 0 aliphatic carbocycles. The van der Waals surface area contributed by atoms with Crippen LogP contribution in [0.25, 0.3) is 22.6 Å². The van der Waals surface area contributed by atoms with E-state index in [1.807, 2.05) is 16.4 Å². The Bertz CT molecular complexity index is 1050. The normalized spacial score (nSPS) is 15.1. The lowest BCUT2D eigenvalue weighted by atomic mass is 10.00. The molecule has 1 atom stereocenters. The van der Waals surface area contributed by atoms with Crippen molar-refractivity contribution < 1.29 is 4.79 Å². The lowest BCUT2D eigenvalue weighted by Gasteiger charge is -2.25. The third-order valence-corrected chi connectivity index (χ3v) is 5.87. The number of aromatic nitrogens is 6. The molecule has 0 aromatic carbocycles. The molecular formula is C22H30N8O. The summed E-state index contributed by atoms with van der Waals surface area (Å²) in [4.78, 5) is 37.1. The molecule has 0 radical (unpaired) electrons. The molecule has 9 nitrogen and oxygen atoms in total. The number of hydrogen-bond acceptors (Lipinski definition) is 7. The number of aryl methyl sites for hydroxylation is 2. The van der Waals surface area contributed by atoms with Crippen LogP contribution in [0.1, 0.15) is 45.9 Å². The van der Waals surface area contributed by atoms with Gasteiger partial charge in [0, 0.05) is 44.5 Å². The van der Waals surface area contributed by atoms with E-state index in [0.717, 1.165) is 43.0 Å². The first-order valence-electron chi connectivity index (χ1n) is 11.0. The Balaban J connectivity index is 1.66. The molecule has 1 aliphatic rings. The lowest BCUT2D eigenvalue weighted by Crippen LogP contribution is -2.36. The number of nitrogens with zero attached hydrogens (tertiary/aromatic N) is 7. The second kappa shape index (κ2) is 8.95. The highest BCUT2D eigenvalue weighted by atomic mass is 16.2. The third kappa shape index (κ3) is 4.35. The Morgan fingerprint density at radius 3 is 2.48 bits per heavy atom. The molecule has 0 unspecified atom stereocenters. The minimum atomic E-state index is -0.0378. The molecule has 1 fully saturated rings. The number of fused-ring (bicyclic) bond motifs is 1. The predicted molar refractivity (Wildman–Crippen MR) is 119 cm³/mol. The van der Waals surface area contributed by atoms with Gasteiger partial charge in [-0.3, -0.25) is 4.79 Å². The smallest absolute Gasteiger partial charge is 0.224 e. The number of likely N-dealkylation sites (tertiary alicyclic amines) is 1. The van der Waals surface area contributed by atoms with Gasteiger partial charge in [0.05, 0.1) is 5.56 Å². The minimum absolute atomic E-state index is 0.0378. The first-order valence-corrected chi connectivity index (χ1v) is 11.0. The van der Waals surface area contributed by atoms with E-state index in [4.69, 9.17) is 4.98 Å². The van der Waals surface area contributed by atoms with Crippen LogP contribution in [-0.2, 0) is 11.3 Å². The van der Waals surface area contributed by atoms with Gasteiger partial charge >= 0.3 is 0 Å². The van der Waals surface area contributed by atoms with Gasteiger partial charge in [0.25, 0.3) is 0 Å². The van der Waals surface area contributed by atoms with Crippen LogP contribution in [0.15, 0.2) is 18.7 Å². The van der Waals surface area contributed by atoms with Crippen molar-refractivity contribution in [3.63, 3.8) is 0 Å². The fraction of sp³-hybridized carbons (Fsp3) is 0.545. The molecule has 3 aromatic heterocycles. The highest BCUT2D eigenvalue weighted by Crippen LogP contribution is 2.27. The average Bonchev–Trinajstić information content (AvgIpc) is 3.42. The Morgan fingerprint density at radius 1 is 1.13 bits per heavy atom. The van der Waals surface area contributed by atoms with Crippen molar-refractivity contribution in [2.75, 3.05) is 18.4 Å². The van der Waals surface area contributed by atoms with Crippen LogP contribution in [0.2, 0.25) is 0 Å². The van der Waals surface area contributed by atoms with E-state index in [1.54, 1.807) is 18.7 Å². The molecule has 0 saturated carbocycles. The number of carbonyl (C=O) groups is 1. The quantitative estimate of drug-likeness (QED) is 0.624. The first kappa shape index (κ1) is 21.1. The van der Waals surface area contributed by atoms with Crippen LogP contribution in [0.3, 0.4) is 0 Å². The predicted octanol–water partition coefficient (Wildman–Crippen LogP) is 3.06.